The van der Waals surface area contributed by atoms with Crippen molar-refractivity contribution >= 4 is 10.2 Å². The standard InChI is InChI=1S/C14H31N3O2S/c1-5-13-7-9-14(10-8-13)17(4)20(18,19)16(3)12-6-11-15-2/h13-15H,5-12H2,1-4H3. The van der Waals surface area contributed by atoms with E-state index in [1.807, 2.05) is 7.05 Å². The molecule has 0 amide bonds. The van der Waals surface area contributed by atoms with Crippen molar-refractivity contribution in [3.8, 4) is 0 Å². The number of nitrogens with one attached hydrogen (secondary N) is 1. The Hall–Kier alpha value is -0.170. The number of nitrogens with zero attached hydrogens (tertiary/aromatic N) is 2. The lowest BCUT2D eigenvalue weighted by atomic mass is 9.85. The van der Waals surface area contributed by atoms with E-state index in [2.05, 4.69) is 12.2 Å². The predicted octanol–water partition coefficient (Wildman–Crippen LogP) is 1.67. The lowest BCUT2D eigenvalue weighted by Crippen LogP contribution is -2.46. The van der Waals surface area contributed by atoms with Gasteiger partial charge in [-0.1, -0.05) is 13.3 Å². The molecule has 0 bridgehead atoms. The molecule has 0 aromatic heterocycles. The van der Waals surface area contributed by atoms with Gasteiger partial charge in [0.05, 0.1) is 0 Å². The summed E-state index contributed by atoms with van der Waals surface area (Å²) in [5.41, 5.74) is 0. The molecule has 5 nitrogen and oxygen atoms in total. The van der Waals surface area contributed by atoms with Crippen LogP contribution in [0.4, 0.5) is 0 Å². The highest BCUT2D eigenvalue weighted by molar-refractivity contribution is 7.86. The zero-order valence-electron chi connectivity index (χ0n) is 13.4. The highest BCUT2D eigenvalue weighted by Gasteiger charge is 2.32. The number of rotatable bonds is 8. The fourth-order valence-electron chi connectivity index (χ4n) is 2.92. The Morgan fingerprint density at radius 1 is 1.15 bits per heavy atom. The van der Waals surface area contributed by atoms with Crippen LogP contribution in [0, 0.1) is 5.92 Å². The van der Waals surface area contributed by atoms with E-state index < -0.39 is 10.2 Å². The van der Waals surface area contributed by atoms with Crippen molar-refractivity contribution in [1.29, 1.82) is 0 Å². The predicted molar refractivity (Wildman–Crippen MR) is 83.9 cm³/mol. The minimum absolute atomic E-state index is 0.176. The smallest absolute Gasteiger partial charge is 0.281 e. The van der Waals surface area contributed by atoms with Gasteiger partial charge in [-0.05, 0) is 51.6 Å². The van der Waals surface area contributed by atoms with Crippen LogP contribution in [-0.4, -0.2) is 57.3 Å². The average Bonchev–Trinajstić information content (AvgIpc) is 2.46. The molecule has 0 spiro atoms. The van der Waals surface area contributed by atoms with Crippen LogP contribution in [0.15, 0.2) is 0 Å². The largest absolute Gasteiger partial charge is 0.320 e. The summed E-state index contributed by atoms with van der Waals surface area (Å²) in [6, 6.07) is 0.176. The molecule has 0 radical (unpaired) electrons. The van der Waals surface area contributed by atoms with Crippen LogP contribution >= 0.6 is 0 Å². The Labute approximate surface area is 124 Å². The molecular weight excluding hydrogens is 274 g/mol. The van der Waals surface area contributed by atoms with Crippen LogP contribution in [-0.2, 0) is 10.2 Å². The van der Waals surface area contributed by atoms with E-state index in [-0.39, 0.29) is 6.04 Å². The lowest BCUT2D eigenvalue weighted by Gasteiger charge is -2.35. The van der Waals surface area contributed by atoms with Gasteiger partial charge in [-0.15, -0.1) is 0 Å². The second-order valence-electron chi connectivity index (χ2n) is 5.89. The molecule has 1 fully saturated rings. The summed E-state index contributed by atoms with van der Waals surface area (Å²) in [7, 11) is 1.99. The summed E-state index contributed by atoms with van der Waals surface area (Å²) in [5, 5.41) is 3.04. The van der Waals surface area contributed by atoms with Crippen molar-refractivity contribution in [2.75, 3.05) is 34.2 Å². The van der Waals surface area contributed by atoms with E-state index in [0.29, 0.717) is 6.54 Å². The summed E-state index contributed by atoms with van der Waals surface area (Å²) >= 11 is 0. The third-order valence-electron chi connectivity index (χ3n) is 4.57. The van der Waals surface area contributed by atoms with Crippen molar-refractivity contribution in [2.24, 2.45) is 5.92 Å². The molecule has 0 heterocycles. The van der Waals surface area contributed by atoms with E-state index in [0.717, 1.165) is 44.6 Å². The fourth-order valence-corrected chi connectivity index (χ4v) is 4.31. The van der Waals surface area contributed by atoms with Gasteiger partial charge in [0.25, 0.3) is 10.2 Å². The number of hydrogen-bond donors (Lipinski definition) is 1. The molecule has 1 aliphatic rings. The summed E-state index contributed by atoms with van der Waals surface area (Å²) in [6.07, 6.45) is 6.36. The maximum absolute atomic E-state index is 12.5. The average molecular weight is 305 g/mol. The first-order chi connectivity index (χ1) is 9.43. The van der Waals surface area contributed by atoms with E-state index in [1.165, 1.54) is 10.7 Å². The monoisotopic (exact) mass is 305 g/mol. The number of hydrogen-bond acceptors (Lipinski definition) is 3. The van der Waals surface area contributed by atoms with Crippen LogP contribution in [0.25, 0.3) is 0 Å². The minimum Gasteiger partial charge on any atom is -0.320 e. The first-order valence-electron chi connectivity index (χ1n) is 7.77. The van der Waals surface area contributed by atoms with E-state index >= 15 is 0 Å². The van der Waals surface area contributed by atoms with Gasteiger partial charge >= 0.3 is 0 Å². The van der Waals surface area contributed by atoms with Gasteiger partial charge in [-0.2, -0.15) is 17.0 Å². The molecule has 0 aromatic rings. The Kier molecular flexibility index (Phi) is 7.43. The van der Waals surface area contributed by atoms with Crippen molar-refractivity contribution in [3.63, 3.8) is 0 Å². The van der Waals surface area contributed by atoms with Crippen LogP contribution in [0.1, 0.15) is 45.4 Å². The second kappa shape index (κ2) is 8.32. The SMILES string of the molecule is CCC1CCC(N(C)S(=O)(=O)N(C)CCCNC)CC1. The quantitative estimate of drug-likeness (QED) is 0.694. The Balaban J connectivity index is 2.54. The molecule has 6 heteroatoms. The van der Waals surface area contributed by atoms with Gasteiger partial charge in [0.15, 0.2) is 0 Å². The van der Waals surface area contributed by atoms with Gasteiger partial charge in [-0.25, -0.2) is 0 Å². The highest BCUT2D eigenvalue weighted by atomic mass is 32.2. The zero-order valence-corrected chi connectivity index (χ0v) is 14.2. The van der Waals surface area contributed by atoms with Crippen LogP contribution in [0.3, 0.4) is 0 Å². The van der Waals surface area contributed by atoms with Crippen molar-refractivity contribution in [3.05, 3.63) is 0 Å². The normalized spacial score (nSPS) is 24.5. The lowest BCUT2D eigenvalue weighted by molar-refractivity contribution is 0.224. The van der Waals surface area contributed by atoms with Gasteiger partial charge in [0, 0.05) is 26.7 Å². The third-order valence-corrected chi connectivity index (χ3v) is 6.56. The minimum atomic E-state index is -3.30. The van der Waals surface area contributed by atoms with Gasteiger partial charge in [0.2, 0.25) is 0 Å². The Morgan fingerprint density at radius 3 is 2.25 bits per heavy atom. The van der Waals surface area contributed by atoms with E-state index in [9.17, 15) is 8.42 Å². The van der Waals surface area contributed by atoms with Crippen molar-refractivity contribution in [2.45, 2.75) is 51.5 Å². The van der Waals surface area contributed by atoms with Crippen LogP contribution in [0.2, 0.25) is 0 Å². The van der Waals surface area contributed by atoms with E-state index in [1.54, 1.807) is 18.4 Å². The summed E-state index contributed by atoms with van der Waals surface area (Å²) in [6.45, 7) is 3.63. The van der Waals surface area contributed by atoms with Gasteiger partial charge < -0.3 is 5.32 Å². The van der Waals surface area contributed by atoms with Crippen LogP contribution in [0.5, 0.6) is 0 Å². The van der Waals surface area contributed by atoms with Crippen molar-refractivity contribution in [1.82, 2.24) is 13.9 Å². The zero-order chi connectivity index (χ0) is 15.2. The molecule has 1 saturated carbocycles. The maximum Gasteiger partial charge on any atom is 0.281 e. The molecule has 120 valence electrons. The fraction of sp³-hybridized carbons (Fsp3) is 1.00. The highest BCUT2D eigenvalue weighted by Crippen LogP contribution is 2.30. The Bertz CT molecular complexity index is 365. The molecule has 0 unspecified atom stereocenters. The molecule has 0 atom stereocenters. The molecule has 1 aliphatic carbocycles. The van der Waals surface area contributed by atoms with Gasteiger partial charge in [0.1, 0.15) is 0 Å². The summed E-state index contributed by atoms with van der Waals surface area (Å²) in [5.74, 6) is 0.788. The first kappa shape index (κ1) is 17.9. The molecule has 0 aromatic carbocycles. The molecule has 1 N–H and O–H groups in total. The van der Waals surface area contributed by atoms with Crippen LogP contribution < -0.4 is 5.32 Å². The first-order valence-corrected chi connectivity index (χ1v) is 9.17. The Morgan fingerprint density at radius 2 is 1.75 bits per heavy atom. The molecule has 0 aliphatic heterocycles. The van der Waals surface area contributed by atoms with Crippen molar-refractivity contribution < 1.29 is 8.42 Å². The summed E-state index contributed by atoms with van der Waals surface area (Å²) < 4.78 is 28.1. The summed E-state index contributed by atoms with van der Waals surface area (Å²) in [4.78, 5) is 0. The topological polar surface area (TPSA) is 52.7 Å². The molecular formula is C14H31N3O2S. The molecule has 0 saturated heterocycles. The molecule has 1 rings (SSSR count). The van der Waals surface area contributed by atoms with E-state index in [4.69, 9.17) is 0 Å². The second-order valence-corrected chi connectivity index (χ2v) is 7.98. The molecule has 20 heavy (non-hydrogen) atoms. The maximum atomic E-state index is 12.5. The van der Waals surface area contributed by atoms with Gasteiger partial charge in [-0.3, -0.25) is 0 Å². The third kappa shape index (κ3) is 4.69.